The average molecular weight is 254 g/mol. The maximum Gasteiger partial charge on any atom is 0.0501 e. The summed E-state index contributed by atoms with van der Waals surface area (Å²) in [5.74, 6) is 0.919. The first-order valence-corrected chi connectivity index (χ1v) is 7.70. The van der Waals surface area contributed by atoms with Crippen molar-refractivity contribution in [3.05, 3.63) is 35.5 Å². The van der Waals surface area contributed by atoms with Crippen LogP contribution in [0.1, 0.15) is 43.5 Å². The number of para-hydroxylation sites is 1. The molecule has 2 atom stereocenters. The molecule has 1 fully saturated rings. The molecule has 0 amide bonds. The molecule has 19 heavy (non-hydrogen) atoms. The van der Waals surface area contributed by atoms with Gasteiger partial charge in [0.15, 0.2) is 0 Å². The summed E-state index contributed by atoms with van der Waals surface area (Å²) in [5, 5.41) is 1.45. The molecular formula is C17H22N2. The second-order valence-corrected chi connectivity index (χ2v) is 6.18. The summed E-state index contributed by atoms with van der Waals surface area (Å²) in [6.45, 7) is 4.88. The van der Waals surface area contributed by atoms with Crippen LogP contribution in [0.15, 0.2) is 24.3 Å². The van der Waals surface area contributed by atoms with Gasteiger partial charge in [-0.1, -0.05) is 31.5 Å². The lowest BCUT2D eigenvalue weighted by Gasteiger charge is -2.42. The van der Waals surface area contributed by atoms with Crippen LogP contribution in [0, 0.1) is 5.92 Å². The highest BCUT2D eigenvalue weighted by atomic mass is 15.2. The van der Waals surface area contributed by atoms with Crippen molar-refractivity contribution in [1.29, 1.82) is 0 Å². The van der Waals surface area contributed by atoms with Gasteiger partial charge < -0.3 is 4.98 Å². The zero-order valence-corrected chi connectivity index (χ0v) is 11.7. The Labute approximate surface area is 114 Å². The summed E-state index contributed by atoms with van der Waals surface area (Å²) < 4.78 is 0. The van der Waals surface area contributed by atoms with Gasteiger partial charge in [-0.3, -0.25) is 4.90 Å². The Morgan fingerprint density at radius 2 is 2.16 bits per heavy atom. The van der Waals surface area contributed by atoms with E-state index in [2.05, 4.69) is 41.1 Å². The number of hydrogen-bond acceptors (Lipinski definition) is 1. The van der Waals surface area contributed by atoms with Crippen LogP contribution >= 0.6 is 0 Å². The Kier molecular flexibility index (Phi) is 2.66. The van der Waals surface area contributed by atoms with Gasteiger partial charge in [0, 0.05) is 29.7 Å². The van der Waals surface area contributed by atoms with Gasteiger partial charge in [0.25, 0.3) is 0 Å². The lowest BCUT2D eigenvalue weighted by molar-refractivity contribution is 0.0950. The smallest absolute Gasteiger partial charge is 0.0501 e. The molecule has 3 heterocycles. The van der Waals surface area contributed by atoms with Gasteiger partial charge in [-0.15, -0.1) is 0 Å². The van der Waals surface area contributed by atoms with Crippen LogP contribution in [0.2, 0.25) is 0 Å². The van der Waals surface area contributed by atoms with Crippen LogP contribution in [-0.4, -0.2) is 23.0 Å². The third kappa shape index (κ3) is 1.73. The highest BCUT2D eigenvalue weighted by Crippen LogP contribution is 2.40. The maximum absolute atomic E-state index is 3.71. The molecule has 2 nitrogen and oxygen atoms in total. The van der Waals surface area contributed by atoms with Crippen molar-refractivity contribution in [2.45, 2.75) is 38.6 Å². The van der Waals surface area contributed by atoms with E-state index in [9.17, 15) is 0 Å². The van der Waals surface area contributed by atoms with E-state index in [0.717, 1.165) is 5.92 Å². The Hall–Kier alpha value is -1.28. The van der Waals surface area contributed by atoms with Crippen molar-refractivity contribution in [2.24, 2.45) is 5.92 Å². The monoisotopic (exact) mass is 254 g/mol. The van der Waals surface area contributed by atoms with E-state index in [-0.39, 0.29) is 0 Å². The largest absolute Gasteiger partial charge is 0.357 e. The minimum absolute atomic E-state index is 0.652. The first kappa shape index (κ1) is 11.5. The number of nitrogens with zero attached hydrogens (tertiary/aromatic N) is 1. The van der Waals surface area contributed by atoms with E-state index in [1.807, 2.05) is 0 Å². The predicted molar refractivity (Wildman–Crippen MR) is 79.3 cm³/mol. The quantitative estimate of drug-likeness (QED) is 0.818. The van der Waals surface area contributed by atoms with Crippen molar-refractivity contribution in [1.82, 2.24) is 9.88 Å². The molecule has 0 saturated carbocycles. The van der Waals surface area contributed by atoms with Gasteiger partial charge in [-0.2, -0.15) is 0 Å². The van der Waals surface area contributed by atoms with Crippen molar-refractivity contribution in [3.8, 4) is 0 Å². The lowest BCUT2D eigenvalue weighted by atomic mass is 9.85. The Balaban J connectivity index is 1.75. The third-order valence-electron chi connectivity index (χ3n) is 5.19. The van der Waals surface area contributed by atoms with E-state index in [1.165, 1.54) is 55.4 Å². The molecule has 0 unspecified atom stereocenters. The summed E-state index contributed by atoms with van der Waals surface area (Å²) in [6.07, 6.45) is 5.28. The summed E-state index contributed by atoms with van der Waals surface area (Å²) >= 11 is 0. The summed E-state index contributed by atoms with van der Waals surface area (Å²) in [5.41, 5.74) is 4.43. The third-order valence-corrected chi connectivity index (χ3v) is 5.19. The topological polar surface area (TPSA) is 19.0 Å². The number of rotatable bonds is 1. The number of H-pyrrole nitrogens is 1. The van der Waals surface area contributed by atoms with Crippen molar-refractivity contribution in [2.75, 3.05) is 13.1 Å². The number of aromatic nitrogens is 1. The van der Waals surface area contributed by atoms with Gasteiger partial charge >= 0.3 is 0 Å². The fourth-order valence-electron chi connectivity index (χ4n) is 4.06. The molecule has 1 N–H and O–H groups in total. The van der Waals surface area contributed by atoms with E-state index < -0.39 is 0 Å². The molecule has 100 valence electrons. The number of benzene rings is 1. The van der Waals surface area contributed by atoms with Crippen molar-refractivity contribution in [3.63, 3.8) is 0 Å². The molecule has 2 aromatic rings. The first-order chi connectivity index (χ1) is 9.36. The molecule has 0 spiro atoms. The summed E-state index contributed by atoms with van der Waals surface area (Å²) in [7, 11) is 0. The molecule has 2 heteroatoms. The highest BCUT2D eigenvalue weighted by Gasteiger charge is 2.34. The molecular weight excluding hydrogens is 232 g/mol. The highest BCUT2D eigenvalue weighted by molar-refractivity contribution is 5.85. The normalized spacial score (nSPS) is 27.2. The van der Waals surface area contributed by atoms with Gasteiger partial charge in [0.05, 0.1) is 6.04 Å². The molecule has 4 rings (SSSR count). The standard InChI is InChI=1S/C17H22N2/c1-2-12-7-8-16-17-14(9-10-19(16)11-12)13-5-3-4-6-15(13)18-17/h3-6,12,16,18H,2,7-11H2,1H3/t12-,16-/m0/s1. The molecule has 0 aliphatic carbocycles. The molecule has 1 aromatic heterocycles. The molecule has 2 aliphatic rings. The second kappa shape index (κ2) is 4.38. The first-order valence-electron chi connectivity index (χ1n) is 7.70. The van der Waals surface area contributed by atoms with Crippen LogP contribution < -0.4 is 0 Å². The van der Waals surface area contributed by atoms with E-state index >= 15 is 0 Å². The second-order valence-electron chi connectivity index (χ2n) is 6.18. The molecule has 0 bridgehead atoms. The van der Waals surface area contributed by atoms with Crippen molar-refractivity contribution < 1.29 is 0 Å². The van der Waals surface area contributed by atoms with Crippen LogP contribution in [0.3, 0.4) is 0 Å². The van der Waals surface area contributed by atoms with Gasteiger partial charge in [0.2, 0.25) is 0 Å². The minimum Gasteiger partial charge on any atom is -0.357 e. The fraction of sp³-hybridized carbons (Fsp3) is 0.529. The minimum atomic E-state index is 0.652. The number of nitrogens with one attached hydrogen (secondary N) is 1. The summed E-state index contributed by atoms with van der Waals surface area (Å²) in [6, 6.07) is 9.44. The van der Waals surface area contributed by atoms with Crippen LogP contribution in [0.4, 0.5) is 0 Å². The maximum atomic E-state index is 3.71. The summed E-state index contributed by atoms with van der Waals surface area (Å²) in [4.78, 5) is 6.42. The van der Waals surface area contributed by atoms with Crippen molar-refractivity contribution >= 4 is 10.9 Å². The molecule has 2 aliphatic heterocycles. The SMILES string of the molecule is CC[C@H]1CC[C@H]2c3[nH]c4ccccc4c3CCN2C1. The van der Waals surface area contributed by atoms with Crippen LogP contribution in [-0.2, 0) is 6.42 Å². The van der Waals surface area contributed by atoms with Gasteiger partial charge in [0.1, 0.15) is 0 Å². The zero-order chi connectivity index (χ0) is 12.8. The van der Waals surface area contributed by atoms with E-state index in [1.54, 1.807) is 5.56 Å². The Morgan fingerprint density at radius 3 is 3.05 bits per heavy atom. The van der Waals surface area contributed by atoms with Gasteiger partial charge in [-0.25, -0.2) is 0 Å². The lowest BCUT2D eigenvalue weighted by Crippen LogP contribution is -2.42. The molecule has 1 saturated heterocycles. The Morgan fingerprint density at radius 1 is 1.26 bits per heavy atom. The van der Waals surface area contributed by atoms with Crippen LogP contribution in [0.5, 0.6) is 0 Å². The zero-order valence-electron chi connectivity index (χ0n) is 11.7. The molecule has 0 radical (unpaired) electrons. The Bertz CT molecular complexity index is 598. The number of piperidine rings is 1. The number of hydrogen-bond donors (Lipinski definition) is 1. The predicted octanol–water partition coefficient (Wildman–Crippen LogP) is 3.89. The number of fused-ring (bicyclic) bond motifs is 5. The van der Waals surface area contributed by atoms with Crippen LogP contribution in [0.25, 0.3) is 10.9 Å². The van der Waals surface area contributed by atoms with Gasteiger partial charge in [-0.05, 0) is 36.8 Å². The van der Waals surface area contributed by atoms with E-state index in [4.69, 9.17) is 0 Å². The fourth-order valence-corrected chi connectivity index (χ4v) is 4.06. The average Bonchev–Trinajstić information content (AvgIpc) is 2.85. The molecule has 1 aromatic carbocycles. The van der Waals surface area contributed by atoms with E-state index in [0.29, 0.717) is 6.04 Å². The number of aromatic amines is 1.